The maximum absolute atomic E-state index is 13.0. The monoisotopic (exact) mass is 416 g/mol. The topological polar surface area (TPSA) is 95.2 Å². The van der Waals surface area contributed by atoms with Gasteiger partial charge in [0.15, 0.2) is 0 Å². The van der Waals surface area contributed by atoms with Crippen molar-refractivity contribution < 1.29 is 12.8 Å². The Morgan fingerprint density at radius 2 is 1.79 bits per heavy atom. The van der Waals surface area contributed by atoms with E-state index in [1.807, 2.05) is 12.1 Å². The summed E-state index contributed by atoms with van der Waals surface area (Å²) in [6.07, 6.45) is 1.27. The second-order valence-corrected chi connectivity index (χ2v) is 8.87. The average molecular weight is 416 g/mol. The molecule has 3 aromatic rings. The molecule has 2 heterocycles. The second kappa shape index (κ2) is 8.02. The minimum absolute atomic E-state index is 0.0549. The zero-order chi connectivity index (χ0) is 20.4. The highest BCUT2D eigenvalue weighted by Gasteiger charge is 2.25. The van der Waals surface area contributed by atoms with Crippen LogP contribution in [0.5, 0.6) is 0 Å². The number of halogens is 1. The fraction of sp³-hybridized carbons (Fsp3) is 0.300. The van der Waals surface area contributed by atoms with E-state index in [-0.39, 0.29) is 16.5 Å². The molecule has 152 valence electrons. The highest BCUT2D eigenvalue weighted by atomic mass is 32.2. The Balaban J connectivity index is 1.37. The van der Waals surface area contributed by atoms with E-state index in [9.17, 15) is 17.6 Å². The van der Waals surface area contributed by atoms with Gasteiger partial charge in [0.2, 0.25) is 10.0 Å². The van der Waals surface area contributed by atoms with Crippen molar-refractivity contribution in [3.05, 3.63) is 70.5 Å². The smallest absolute Gasteiger partial charge is 0.258 e. The van der Waals surface area contributed by atoms with Gasteiger partial charge >= 0.3 is 0 Å². The van der Waals surface area contributed by atoms with Crippen LogP contribution in [-0.4, -0.2) is 42.4 Å². The third-order valence-corrected chi connectivity index (χ3v) is 6.61. The van der Waals surface area contributed by atoms with Crippen LogP contribution in [0.1, 0.15) is 18.7 Å². The molecule has 1 aliphatic heterocycles. The van der Waals surface area contributed by atoms with E-state index in [1.54, 1.807) is 12.1 Å². The first kappa shape index (κ1) is 19.7. The Hall–Kier alpha value is -2.62. The van der Waals surface area contributed by atoms with Crippen LogP contribution in [0.25, 0.3) is 10.9 Å². The molecule has 0 aliphatic carbocycles. The van der Waals surface area contributed by atoms with E-state index in [1.165, 1.54) is 12.1 Å². The summed E-state index contributed by atoms with van der Waals surface area (Å²) in [6.45, 7) is 1.85. The fourth-order valence-electron chi connectivity index (χ4n) is 3.53. The number of H-pyrrole nitrogens is 1. The van der Waals surface area contributed by atoms with Gasteiger partial charge in [-0.25, -0.2) is 22.5 Å². The maximum atomic E-state index is 13.0. The first-order valence-corrected chi connectivity index (χ1v) is 10.9. The van der Waals surface area contributed by atoms with Gasteiger partial charge in [-0.2, -0.15) is 0 Å². The summed E-state index contributed by atoms with van der Waals surface area (Å²) in [7, 11) is -3.68. The van der Waals surface area contributed by atoms with Gasteiger partial charge in [0, 0.05) is 19.1 Å². The number of aromatic nitrogens is 2. The van der Waals surface area contributed by atoms with Gasteiger partial charge in [-0.3, -0.25) is 9.69 Å². The average Bonchev–Trinajstić information content (AvgIpc) is 2.70. The molecule has 1 fully saturated rings. The van der Waals surface area contributed by atoms with Crippen LogP contribution in [-0.2, 0) is 16.6 Å². The summed E-state index contributed by atoms with van der Waals surface area (Å²) < 4.78 is 40.6. The van der Waals surface area contributed by atoms with Crippen LogP contribution < -0.4 is 10.3 Å². The fourth-order valence-corrected chi connectivity index (χ4v) is 4.84. The first-order valence-electron chi connectivity index (χ1n) is 9.39. The van der Waals surface area contributed by atoms with Gasteiger partial charge in [0.1, 0.15) is 11.6 Å². The number of aromatic amines is 1. The van der Waals surface area contributed by atoms with Crippen molar-refractivity contribution in [2.45, 2.75) is 30.3 Å². The molecule has 0 unspecified atom stereocenters. The predicted octanol–water partition coefficient (Wildman–Crippen LogP) is 2.01. The lowest BCUT2D eigenvalue weighted by atomic mass is 10.1. The Bertz CT molecular complexity index is 1170. The van der Waals surface area contributed by atoms with Crippen LogP contribution in [0.3, 0.4) is 0 Å². The number of likely N-dealkylation sites (tertiary alicyclic amines) is 1. The van der Waals surface area contributed by atoms with Gasteiger partial charge < -0.3 is 4.98 Å². The molecule has 1 aliphatic rings. The lowest BCUT2D eigenvalue weighted by Gasteiger charge is -2.31. The van der Waals surface area contributed by atoms with Crippen molar-refractivity contribution in [3.8, 4) is 0 Å². The quantitative estimate of drug-likeness (QED) is 0.663. The second-order valence-electron chi connectivity index (χ2n) is 7.16. The molecule has 9 heteroatoms. The number of para-hydroxylation sites is 1. The molecule has 0 spiro atoms. The summed E-state index contributed by atoms with van der Waals surface area (Å²) >= 11 is 0. The van der Waals surface area contributed by atoms with Crippen LogP contribution in [0.15, 0.2) is 58.2 Å². The van der Waals surface area contributed by atoms with Crippen molar-refractivity contribution in [2.75, 3.05) is 13.1 Å². The van der Waals surface area contributed by atoms with Gasteiger partial charge in [0.25, 0.3) is 5.56 Å². The SMILES string of the molecule is O=c1[nH]c(CN2CCC(NS(=O)(=O)c3ccc(F)cc3)CC2)nc2ccccc12. The number of hydrogen-bond acceptors (Lipinski definition) is 5. The summed E-state index contributed by atoms with van der Waals surface area (Å²) in [5.74, 6) is 0.122. The van der Waals surface area contributed by atoms with Crippen LogP contribution >= 0.6 is 0 Å². The van der Waals surface area contributed by atoms with Gasteiger partial charge in [0.05, 0.1) is 22.3 Å². The number of piperidine rings is 1. The summed E-state index contributed by atoms with van der Waals surface area (Å²) in [4.78, 5) is 21.7. The highest BCUT2D eigenvalue weighted by Crippen LogP contribution is 2.17. The Kier molecular flexibility index (Phi) is 5.44. The van der Waals surface area contributed by atoms with Gasteiger partial charge in [-0.1, -0.05) is 12.1 Å². The Labute approximate surface area is 167 Å². The first-order chi connectivity index (χ1) is 13.9. The van der Waals surface area contributed by atoms with E-state index in [0.717, 1.165) is 12.1 Å². The number of nitrogens with zero attached hydrogens (tertiary/aromatic N) is 2. The van der Waals surface area contributed by atoms with Gasteiger partial charge in [-0.15, -0.1) is 0 Å². The molecule has 0 saturated carbocycles. The maximum Gasteiger partial charge on any atom is 0.258 e. The number of hydrogen-bond donors (Lipinski definition) is 2. The van der Waals surface area contributed by atoms with E-state index in [2.05, 4.69) is 19.6 Å². The Morgan fingerprint density at radius 1 is 1.10 bits per heavy atom. The van der Waals surface area contributed by atoms with E-state index in [4.69, 9.17) is 0 Å². The van der Waals surface area contributed by atoms with E-state index in [0.29, 0.717) is 49.2 Å². The lowest BCUT2D eigenvalue weighted by Crippen LogP contribution is -2.44. The zero-order valence-corrected chi connectivity index (χ0v) is 16.5. The molecule has 0 radical (unpaired) electrons. The number of nitrogens with one attached hydrogen (secondary N) is 2. The normalized spacial score (nSPS) is 16.3. The molecule has 4 rings (SSSR count). The molecular formula is C20H21FN4O3S. The van der Waals surface area contributed by atoms with Crippen molar-refractivity contribution >= 4 is 20.9 Å². The van der Waals surface area contributed by atoms with Crippen molar-refractivity contribution in [2.24, 2.45) is 0 Å². The van der Waals surface area contributed by atoms with Crippen LogP contribution in [0.2, 0.25) is 0 Å². The molecular weight excluding hydrogens is 395 g/mol. The van der Waals surface area contributed by atoms with Crippen molar-refractivity contribution in [3.63, 3.8) is 0 Å². The number of sulfonamides is 1. The zero-order valence-electron chi connectivity index (χ0n) is 15.6. The summed E-state index contributed by atoms with van der Waals surface area (Å²) in [5.41, 5.74) is 0.501. The molecule has 1 aromatic heterocycles. The van der Waals surface area contributed by atoms with Gasteiger partial charge in [-0.05, 0) is 49.2 Å². The number of rotatable bonds is 5. The standard InChI is InChI=1S/C20H21FN4O3S/c21-14-5-7-16(8-6-14)29(27,28)24-15-9-11-25(12-10-15)13-19-22-18-4-2-1-3-17(18)20(26)23-19/h1-8,15,24H,9-13H2,(H,22,23,26). The molecule has 7 nitrogen and oxygen atoms in total. The highest BCUT2D eigenvalue weighted by molar-refractivity contribution is 7.89. The molecule has 2 aromatic carbocycles. The summed E-state index contributed by atoms with van der Waals surface area (Å²) in [5, 5.41) is 0.560. The van der Waals surface area contributed by atoms with Crippen LogP contribution in [0.4, 0.5) is 4.39 Å². The van der Waals surface area contributed by atoms with Crippen molar-refractivity contribution in [1.82, 2.24) is 19.6 Å². The molecule has 0 amide bonds. The third kappa shape index (κ3) is 4.52. The summed E-state index contributed by atoms with van der Waals surface area (Å²) in [6, 6.07) is 11.8. The molecule has 0 bridgehead atoms. The van der Waals surface area contributed by atoms with E-state index >= 15 is 0 Å². The largest absolute Gasteiger partial charge is 0.309 e. The lowest BCUT2D eigenvalue weighted by molar-refractivity contribution is 0.195. The Morgan fingerprint density at radius 3 is 2.52 bits per heavy atom. The molecule has 29 heavy (non-hydrogen) atoms. The van der Waals surface area contributed by atoms with Crippen molar-refractivity contribution in [1.29, 1.82) is 0 Å². The molecule has 0 atom stereocenters. The number of fused-ring (bicyclic) bond motifs is 1. The predicted molar refractivity (Wildman–Crippen MR) is 107 cm³/mol. The number of benzene rings is 2. The van der Waals surface area contributed by atoms with Crippen LogP contribution in [0, 0.1) is 5.82 Å². The van der Waals surface area contributed by atoms with E-state index < -0.39 is 15.8 Å². The minimum atomic E-state index is -3.68. The molecule has 1 saturated heterocycles. The third-order valence-electron chi connectivity index (χ3n) is 5.07. The molecule has 2 N–H and O–H groups in total. The minimum Gasteiger partial charge on any atom is -0.309 e.